The van der Waals surface area contributed by atoms with E-state index in [0.29, 0.717) is 60.2 Å². The maximum absolute atomic E-state index is 12.7. The number of hydrogen-bond acceptors (Lipinski definition) is 8. The van der Waals surface area contributed by atoms with Gasteiger partial charge in [-0.1, -0.05) is 24.3 Å². The third kappa shape index (κ3) is 7.74. The second-order valence-electron chi connectivity index (χ2n) is 9.35. The molecule has 0 spiro atoms. The molecule has 2 fully saturated rings. The smallest absolute Gasteiger partial charge is 0.338 e. The minimum absolute atomic E-state index is 0.324. The average Bonchev–Trinajstić information content (AvgIpc) is 2.84. The summed E-state index contributed by atoms with van der Waals surface area (Å²) in [5.74, 6) is 0.251. The van der Waals surface area contributed by atoms with Crippen molar-refractivity contribution >= 4 is 22.7 Å². The minimum atomic E-state index is -0.396. The van der Waals surface area contributed by atoms with Crippen LogP contribution in [0.5, 0.6) is 0 Å². The third-order valence-corrected chi connectivity index (χ3v) is 6.32. The van der Waals surface area contributed by atoms with E-state index >= 15 is 0 Å². The predicted octanol–water partition coefficient (Wildman–Crippen LogP) is 4.04. The van der Waals surface area contributed by atoms with Gasteiger partial charge in [-0.05, 0) is 48.6 Å². The molecule has 0 atom stereocenters. The van der Waals surface area contributed by atoms with Gasteiger partial charge < -0.3 is 28.4 Å². The van der Waals surface area contributed by atoms with Crippen molar-refractivity contribution in [2.75, 3.05) is 66.1 Å². The molecule has 196 valence electrons. The molecule has 36 heavy (non-hydrogen) atoms. The molecule has 2 aromatic carbocycles. The Morgan fingerprint density at radius 3 is 1.44 bits per heavy atom. The van der Waals surface area contributed by atoms with Gasteiger partial charge >= 0.3 is 11.9 Å². The molecule has 0 unspecified atom stereocenters. The van der Waals surface area contributed by atoms with Gasteiger partial charge in [0.15, 0.2) is 0 Å². The number of ether oxygens (including phenoxy) is 6. The fourth-order valence-corrected chi connectivity index (χ4v) is 4.03. The van der Waals surface area contributed by atoms with Gasteiger partial charge in [0.1, 0.15) is 0 Å². The summed E-state index contributed by atoms with van der Waals surface area (Å²) in [6.45, 7) is 6.55. The number of fused-ring (bicyclic) bond motifs is 1. The van der Waals surface area contributed by atoms with Crippen LogP contribution in [-0.4, -0.2) is 78.0 Å². The predicted molar refractivity (Wildman–Crippen MR) is 133 cm³/mol. The zero-order valence-corrected chi connectivity index (χ0v) is 20.8. The molecule has 0 saturated carbocycles. The van der Waals surface area contributed by atoms with E-state index in [1.165, 1.54) is 0 Å². The molecule has 0 radical (unpaired) electrons. The van der Waals surface area contributed by atoms with Crippen LogP contribution in [0, 0.1) is 11.8 Å². The van der Waals surface area contributed by atoms with E-state index in [-0.39, 0.29) is 0 Å². The molecule has 0 aliphatic carbocycles. The second-order valence-corrected chi connectivity index (χ2v) is 9.35. The van der Waals surface area contributed by atoms with Crippen molar-refractivity contribution in [2.45, 2.75) is 25.7 Å². The van der Waals surface area contributed by atoms with Gasteiger partial charge in [-0.3, -0.25) is 0 Å². The Labute approximate surface area is 212 Å². The molecule has 2 aromatic rings. The summed E-state index contributed by atoms with van der Waals surface area (Å²) in [6.07, 6.45) is 3.12. The Hall–Kier alpha value is -2.52. The summed E-state index contributed by atoms with van der Waals surface area (Å²) >= 11 is 0. The molecule has 0 aromatic heterocycles. The monoisotopic (exact) mass is 500 g/mol. The minimum Gasteiger partial charge on any atom is -0.462 e. The van der Waals surface area contributed by atoms with E-state index in [1.54, 1.807) is 24.3 Å². The Balaban J connectivity index is 1.19. The molecular weight excluding hydrogens is 464 g/mol. The van der Waals surface area contributed by atoms with Crippen LogP contribution < -0.4 is 0 Å². The third-order valence-electron chi connectivity index (χ3n) is 6.32. The van der Waals surface area contributed by atoms with Crippen LogP contribution >= 0.6 is 0 Å². The highest BCUT2D eigenvalue weighted by atomic mass is 16.5. The molecule has 8 nitrogen and oxygen atoms in total. The lowest BCUT2D eigenvalue weighted by Gasteiger charge is -2.25. The fourth-order valence-electron chi connectivity index (χ4n) is 4.03. The van der Waals surface area contributed by atoms with Crippen LogP contribution in [-0.2, 0) is 28.4 Å². The molecule has 0 amide bonds. The van der Waals surface area contributed by atoms with Gasteiger partial charge in [-0.25, -0.2) is 9.59 Å². The van der Waals surface area contributed by atoms with E-state index in [4.69, 9.17) is 28.4 Å². The highest BCUT2D eigenvalue weighted by Gasteiger charge is 2.19. The van der Waals surface area contributed by atoms with Gasteiger partial charge in [0.05, 0.1) is 64.0 Å². The molecule has 0 bridgehead atoms. The Kier molecular flexibility index (Phi) is 10.5. The lowest BCUT2D eigenvalue weighted by molar-refractivity contribution is -0.0720. The number of benzene rings is 2. The quantitative estimate of drug-likeness (QED) is 0.252. The standard InChI is InChI=1S/C28H36O8/c29-27(35-13-3-1-11-31-15-21-17-33-18-21)25-9-5-8-24-23(25)7-6-10-26(24)28(30)36-14-4-2-12-32-16-22-19-34-20-22/h5-10,21-22H,1-4,11-20H2. The Morgan fingerprint density at radius 1 is 0.639 bits per heavy atom. The largest absolute Gasteiger partial charge is 0.462 e. The van der Waals surface area contributed by atoms with Crippen molar-refractivity contribution in [3.05, 3.63) is 47.5 Å². The number of carbonyl (C=O) groups is 2. The SMILES string of the molecule is O=C(OCCCCOCC1COC1)c1cccc2c(C(=O)OCCCCOCC3COC3)cccc12. The average molecular weight is 501 g/mol. The summed E-state index contributed by atoms with van der Waals surface area (Å²) < 4.78 is 32.4. The van der Waals surface area contributed by atoms with Crippen molar-refractivity contribution in [2.24, 2.45) is 11.8 Å². The van der Waals surface area contributed by atoms with Crippen LogP contribution in [0.3, 0.4) is 0 Å². The molecular formula is C28H36O8. The van der Waals surface area contributed by atoms with Crippen molar-refractivity contribution in [1.82, 2.24) is 0 Å². The zero-order valence-electron chi connectivity index (χ0n) is 20.8. The van der Waals surface area contributed by atoms with Gasteiger partial charge in [-0.2, -0.15) is 0 Å². The summed E-state index contributed by atoms with van der Waals surface area (Å²) in [5, 5.41) is 1.35. The number of esters is 2. The molecule has 2 aliphatic rings. The van der Waals surface area contributed by atoms with E-state index < -0.39 is 11.9 Å². The second kappa shape index (κ2) is 14.3. The lowest BCUT2D eigenvalue weighted by Crippen LogP contribution is -2.31. The highest BCUT2D eigenvalue weighted by molar-refractivity contribution is 6.11. The van der Waals surface area contributed by atoms with Crippen molar-refractivity contribution in [3.8, 4) is 0 Å². The van der Waals surface area contributed by atoms with Crippen LogP contribution in [0.1, 0.15) is 46.4 Å². The van der Waals surface area contributed by atoms with Gasteiger partial charge in [0.2, 0.25) is 0 Å². The normalized spacial score (nSPS) is 15.9. The van der Waals surface area contributed by atoms with Crippen molar-refractivity contribution in [1.29, 1.82) is 0 Å². The Bertz CT molecular complexity index is 903. The van der Waals surface area contributed by atoms with Gasteiger partial charge in [-0.15, -0.1) is 0 Å². The first-order valence-electron chi connectivity index (χ1n) is 12.9. The van der Waals surface area contributed by atoms with Gasteiger partial charge in [0, 0.05) is 25.0 Å². The summed E-state index contributed by atoms with van der Waals surface area (Å²) in [5.41, 5.74) is 0.884. The maximum Gasteiger partial charge on any atom is 0.338 e. The number of rotatable bonds is 16. The number of unbranched alkanes of at least 4 members (excludes halogenated alkanes) is 2. The lowest BCUT2D eigenvalue weighted by atomic mass is 10.00. The van der Waals surface area contributed by atoms with E-state index in [1.807, 2.05) is 12.1 Å². The molecule has 4 rings (SSSR count). The molecule has 8 heteroatoms. The molecule has 2 heterocycles. The maximum atomic E-state index is 12.7. The molecule has 2 saturated heterocycles. The summed E-state index contributed by atoms with van der Waals surface area (Å²) in [4.78, 5) is 25.4. The van der Waals surface area contributed by atoms with E-state index in [2.05, 4.69) is 0 Å². The van der Waals surface area contributed by atoms with Crippen LogP contribution in [0.4, 0.5) is 0 Å². The molecule has 0 N–H and O–H groups in total. The van der Waals surface area contributed by atoms with Crippen molar-refractivity contribution < 1.29 is 38.0 Å². The Morgan fingerprint density at radius 2 is 1.06 bits per heavy atom. The summed E-state index contributed by atoms with van der Waals surface area (Å²) in [7, 11) is 0. The first-order valence-corrected chi connectivity index (χ1v) is 12.9. The van der Waals surface area contributed by atoms with E-state index in [9.17, 15) is 9.59 Å². The van der Waals surface area contributed by atoms with Crippen LogP contribution in [0.25, 0.3) is 10.8 Å². The first kappa shape index (κ1) is 26.5. The number of hydrogen-bond donors (Lipinski definition) is 0. The first-order chi connectivity index (χ1) is 17.7. The zero-order chi connectivity index (χ0) is 25.0. The van der Waals surface area contributed by atoms with Crippen LogP contribution in [0.2, 0.25) is 0 Å². The fraction of sp³-hybridized carbons (Fsp3) is 0.571. The highest BCUT2D eigenvalue weighted by Crippen LogP contribution is 2.24. The van der Waals surface area contributed by atoms with Crippen LogP contribution in [0.15, 0.2) is 36.4 Å². The summed E-state index contributed by atoms with van der Waals surface area (Å²) in [6, 6.07) is 10.6. The van der Waals surface area contributed by atoms with Gasteiger partial charge in [0.25, 0.3) is 0 Å². The number of carbonyl (C=O) groups excluding carboxylic acids is 2. The van der Waals surface area contributed by atoms with Crippen molar-refractivity contribution in [3.63, 3.8) is 0 Å². The molecule has 2 aliphatic heterocycles. The topological polar surface area (TPSA) is 89.5 Å². The van der Waals surface area contributed by atoms with E-state index in [0.717, 1.165) is 65.3 Å².